The maximum absolute atomic E-state index is 6.10. The third kappa shape index (κ3) is 2.55. The molecule has 0 amide bonds. The first-order chi connectivity index (χ1) is 12.8. The van der Waals surface area contributed by atoms with Gasteiger partial charge in [-0.1, -0.05) is 35.9 Å². The monoisotopic (exact) mass is 358 g/mol. The van der Waals surface area contributed by atoms with Crippen LogP contribution >= 0.6 is 11.6 Å². The van der Waals surface area contributed by atoms with Crippen molar-refractivity contribution >= 4 is 33.5 Å². The molecule has 0 bridgehead atoms. The number of imidazole rings is 1. The zero-order valence-corrected chi connectivity index (χ0v) is 14.6. The summed E-state index contributed by atoms with van der Waals surface area (Å²) in [5.41, 5.74) is 5.32. The lowest BCUT2D eigenvalue weighted by Gasteiger charge is -2.10. The molecule has 3 heterocycles. The summed E-state index contributed by atoms with van der Waals surface area (Å²) >= 11 is 6.10. The second kappa shape index (κ2) is 6.00. The van der Waals surface area contributed by atoms with Gasteiger partial charge in [0.1, 0.15) is 5.82 Å². The molecule has 0 saturated carbocycles. The number of hydrogen-bond acceptors (Lipinski definition) is 2. The van der Waals surface area contributed by atoms with Gasteiger partial charge in [0.15, 0.2) is 0 Å². The molecular formula is C21H15ClN4. The molecule has 5 rings (SSSR count). The Morgan fingerprint density at radius 3 is 2.92 bits per heavy atom. The summed E-state index contributed by atoms with van der Waals surface area (Å²) in [4.78, 5) is 12.3. The van der Waals surface area contributed by atoms with Crippen LogP contribution in [0.2, 0.25) is 5.02 Å². The normalized spacial score (nSPS) is 11.4. The fourth-order valence-electron chi connectivity index (χ4n) is 3.36. The van der Waals surface area contributed by atoms with Gasteiger partial charge in [0.25, 0.3) is 0 Å². The second-order valence-electron chi connectivity index (χ2n) is 6.28. The molecule has 26 heavy (non-hydrogen) atoms. The third-order valence-corrected chi connectivity index (χ3v) is 4.86. The van der Waals surface area contributed by atoms with Crippen LogP contribution in [0.25, 0.3) is 33.3 Å². The highest BCUT2D eigenvalue weighted by Crippen LogP contribution is 2.27. The minimum Gasteiger partial charge on any atom is -0.343 e. The Morgan fingerprint density at radius 1 is 1.04 bits per heavy atom. The SMILES string of the molecule is Clc1ccc2nc(-c3ccccc3Cn3ccc4cnccc43)[nH]c2c1. The van der Waals surface area contributed by atoms with Crippen molar-refractivity contribution in [1.29, 1.82) is 0 Å². The van der Waals surface area contributed by atoms with E-state index >= 15 is 0 Å². The van der Waals surface area contributed by atoms with Crippen molar-refractivity contribution in [2.24, 2.45) is 0 Å². The Hall–Kier alpha value is -3.11. The molecule has 0 aliphatic carbocycles. The van der Waals surface area contributed by atoms with Crippen LogP contribution in [0.3, 0.4) is 0 Å². The smallest absolute Gasteiger partial charge is 0.138 e. The number of aromatic nitrogens is 4. The molecule has 2 aromatic carbocycles. The highest BCUT2D eigenvalue weighted by molar-refractivity contribution is 6.31. The van der Waals surface area contributed by atoms with Crippen molar-refractivity contribution in [3.63, 3.8) is 0 Å². The molecule has 0 aliphatic rings. The largest absolute Gasteiger partial charge is 0.343 e. The molecule has 0 atom stereocenters. The van der Waals surface area contributed by atoms with E-state index < -0.39 is 0 Å². The molecule has 1 N–H and O–H groups in total. The average molecular weight is 359 g/mol. The Balaban J connectivity index is 1.60. The lowest BCUT2D eigenvalue weighted by Crippen LogP contribution is -2.00. The average Bonchev–Trinajstić information content (AvgIpc) is 3.26. The first kappa shape index (κ1) is 15.2. The molecule has 5 heteroatoms. The van der Waals surface area contributed by atoms with Crippen LogP contribution < -0.4 is 0 Å². The Morgan fingerprint density at radius 2 is 1.96 bits per heavy atom. The van der Waals surface area contributed by atoms with E-state index in [9.17, 15) is 0 Å². The second-order valence-corrected chi connectivity index (χ2v) is 6.72. The fraction of sp³-hybridized carbons (Fsp3) is 0.0476. The summed E-state index contributed by atoms with van der Waals surface area (Å²) in [6.45, 7) is 0.765. The summed E-state index contributed by atoms with van der Waals surface area (Å²) in [5.74, 6) is 0.857. The summed E-state index contributed by atoms with van der Waals surface area (Å²) in [6.07, 6.45) is 5.82. The van der Waals surface area contributed by atoms with Gasteiger partial charge in [-0.15, -0.1) is 0 Å². The van der Waals surface area contributed by atoms with E-state index in [2.05, 4.69) is 45.0 Å². The van der Waals surface area contributed by atoms with E-state index in [1.165, 1.54) is 11.1 Å². The highest BCUT2D eigenvalue weighted by Gasteiger charge is 2.11. The summed E-state index contributed by atoms with van der Waals surface area (Å²) in [6, 6.07) is 18.2. The number of aromatic amines is 1. The van der Waals surface area contributed by atoms with Crippen LogP contribution in [-0.4, -0.2) is 19.5 Å². The number of benzene rings is 2. The molecule has 126 valence electrons. The van der Waals surface area contributed by atoms with Gasteiger partial charge in [-0.3, -0.25) is 4.98 Å². The van der Waals surface area contributed by atoms with Crippen LogP contribution in [0.5, 0.6) is 0 Å². The molecule has 0 aliphatic heterocycles. The lowest BCUT2D eigenvalue weighted by atomic mass is 10.1. The minimum absolute atomic E-state index is 0.702. The number of rotatable bonds is 3. The fourth-order valence-corrected chi connectivity index (χ4v) is 3.53. The quantitative estimate of drug-likeness (QED) is 0.477. The molecule has 3 aromatic heterocycles. The van der Waals surface area contributed by atoms with Crippen LogP contribution in [0.1, 0.15) is 5.56 Å². The van der Waals surface area contributed by atoms with Crippen molar-refractivity contribution in [2.45, 2.75) is 6.54 Å². The van der Waals surface area contributed by atoms with Gasteiger partial charge in [0, 0.05) is 41.1 Å². The van der Waals surface area contributed by atoms with Crippen LogP contribution in [-0.2, 0) is 6.54 Å². The highest BCUT2D eigenvalue weighted by atomic mass is 35.5. The van der Waals surface area contributed by atoms with Gasteiger partial charge in [-0.25, -0.2) is 4.98 Å². The molecule has 0 spiro atoms. The zero-order chi connectivity index (χ0) is 17.5. The van der Waals surface area contributed by atoms with Crippen molar-refractivity contribution in [2.75, 3.05) is 0 Å². The minimum atomic E-state index is 0.702. The van der Waals surface area contributed by atoms with E-state index in [-0.39, 0.29) is 0 Å². The predicted molar refractivity (Wildman–Crippen MR) is 105 cm³/mol. The standard InChI is InChI=1S/C21H15ClN4/c22-16-5-6-18-19(11-16)25-21(24-18)17-4-2-1-3-15(17)13-26-10-8-14-12-23-9-7-20(14)26/h1-12H,13H2,(H,24,25). The molecule has 0 fully saturated rings. The van der Waals surface area contributed by atoms with Crippen LogP contribution in [0, 0.1) is 0 Å². The molecular weight excluding hydrogens is 344 g/mol. The van der Waals surface area contributed by atoms with Crippen molar-refractivity contribution < 1.29 is 0 Å². The van der Waals surface area contributed by atoms with E-state index in [4.69, 9.17) is 16.6 Å². The van der Waals surface area contributed by atoms with Crippen LogP contribution in [0.15, 0.2) is 73.2 Å². The predicted octanol–water partition coefficient (Wildman–Crippen LogP) is 5.28. The number of nitrogens with one attached hydrogen (secondary N) is 1. The van der Waals surface area contributed by atoms with Crippen molar-refractivity contribution in [3.05, 3.63) is 83.8 Å². The number of halogens is 1. The Labute approximate surface area is 155 Å². The van der Waals surface area contributed by atoms with Gasteiger partial charge in [-0.2, -0.15) is 0 Å². The van der Waals surface area contributed by atoms with Crippen molar-refractivity contribution in [1.82, 2.24) is 19.5 Å². The van der Waals surface area contributed by atoms with Crippen molar-refractivity contribution in [3.8, 4) is 11.4 Å². The maximum atomic E-state index is 6.10. The van der Waals surface area contributed by atoms with Gasteiger partial charge < -0.3 is 9.55 Å². The van der Waals surface area contributed by atoms with Gasteiger partial charge >= 0.3 is 0 Å². The molecule has 4 nitrogen and oxygen atoms in total. The van der Waals surface area contributed by atoms with Gasteiger partial charge in [0.05, 0.1) is 16.6 Å². The summed E-state index contributed by atoms with van der Waals surface area (Å²) in [7, 11) is 0. The number of nitrogens with zero attached hydrogens (tertiary/aromatic N) is 3. The lowest BCUT2D eigenvalue weighted by molar-refractivity contribution is 0.837. The van der Waals surface area contributed by atoms with E-state index in [0.29, 0.717) is 5.02 Å². The Kier molecular flexibility index (Phi) is 3.50. The number of fused-ring (bicyclic) bond motifs is 2. The number of hydrogen-bond donors (Lipinski definition) is 1. The number of H-pyrrole nitrogens is 1. The third-order valence-electron chi connectivity index (χ3n) is 4.63. The van der Waals surface area contributed by atoms with Gasteiger partial charge in [-0.05, 0) is 35.9 Å². The van der Waals surface area contributed by atoms with E-state index in [0.717, 1.165) is 34.4 Å². The molecule has 0 saturated heterocycles. The van der Waals surface area contributed by atoms with E-state index in [1.54, 1.807) is 0 Å². The van der Waals surface area contributed by atoms with Crippen LogP contribution in [0.4, 0.5) is 0 Å². The molecule has 5 aromatic rings. The number of pyridine rings is 1. The maximum Gasteiger partial charge on any atom is 0.138 e. The molecule has 0 unspecified atom stereocenters. The topological polar surface area (TPSA) is 46.5 Å². The zero-order valence-electron chi connectivity index (χ0n) is 13.9. The first-order valence-electron chi connectivity index (χ1n) is 8.40. The van der Waals surface area contributed by atoms with E-state index in [1.807, 2.05) is 42.7 Å². The summed E-state index contributed by atoms with van der Waals surface area (Å²) in [5, 5.41) is 1.84. The summed E-state index contributed by atoms with van der Waals surface area (Å²) < 4.78 is 2.23. The Bertz CT molecular complexity index is 1240. The first-order valence-corrected chi connectivity index (χ1v) is 8.78. The molecule has 0 radical (unpaired) electrons. The van der Waals surface area contributed by atoms with Gasteiger partial charge in [0.2, 0.25) is 0 Å².